The zero-order valence-electron chi connectivity index (χ0n) is 11.5. The van der Waals surface area contributed by atoms with E-state index in [1.165, 1.54) is 30.6 Å². The van der Waals surface area contributed by atoms with Gasteiger partial charge in [-0.1, -0.05) is 18.6 Å². The van der Waals surface area contributed by atoms with Crippen LogP contribution in [-0.4, -0.2) is 14.9 Å². The maximum Gasteiger partial charge on any atom is 0.110 e. The lowest BCUT2D eigenvalue weighted by Gasteiger charge is -2.25. The summed E-state index contributed by atoms with van der Waals surface area (Å²) in [5.74, 6) is 1.94. The first kappa shape index (κ1) is 13.0. The average molecular weight is 277 g/mol. The molecule has 1 aromatic heterocycles. The molecular weight excluding hydrogens is 256 g/mol. The molecule has 0 radical (unpaired) electrons. The number of imidazole rings is 1. The van der Waals surface area contributed by atoms with Crippen LogP contribution in [0.5, 0.6) is 0 Å². The van der Waals surface area contributed by atoms with E-state index in [4.69, 9.17) is 16.6 Å². The monoisotopic (exact) mass is 276 g/mol. The Labute approximate surface area is 119 Å². The first-order valence-electron chi connectivity index (χ1n) is 7.36. The van der Waals surface area contributed by atoms with Crippen LogP contribution in [0, 0.1) is 5.92 Å². The minimum Gasteiger partial charge on any atom is -0.328 e. The zero-order valence-corrected chi connectivity index (χ0v) is 12.2. The van der Waals surface area contributed by atoms with E-state index >= 15 is 0 Å². The lowest BCUT2D eigenvalue weighted by molar-refractivity contribution is 0.353. The van der Waals surface area contributed by atoms with Gasteiger partial charge in [0, 0.05) is 18.3 Å². The van der Waals surface area contributed by atoms with Crippen molar-refractivity contribution < 1.29 is 0 Å². The van der Waals surface area contributed by atoms with Crippen LogP contribution < -0.4 is 0 Å². The number of halogens is 1. The molecule has 3 heteroatoms. The van der Waals surface area contributed by atoms with Gasteiger partial charge in [0.2, 0.25) is 0 Å². The van der Waals surface area contributed by atoms with Gasteiger partial charge in [0.05, 0.1) is 11.0 Å². The molecule has 0 N–H and O–H groups in total. The van der Waals surface area contributed by atoms with Crippen LogP contribution in [0.3, 0.4) is 0 Å². The highest BCUT2D eigenvalue weighted by molar-refractivity contribution is 6.20. The molecule has 0 spiro atoms. The molecule has 1 heterocycles. The van der Waals surface area contributed by atoms with E-state index in [1.807, 2.05) is 0 Å². The van der Waals surface area contributed by atoms with Crippen molar-refractivity contribution >= 4 is 22.6 Å². The lowest BCUT2D eigenvalue weighted by atomic mass is 9.86. The smallest absolute Gasteiger partial charge is 0.110 e. The molecule has 1 fully saturated rings. The number of fused-ring (bicyclic) bond motifs is 1. The molecule has 2 nitrogen and oxygen atoms in total. The van der Waals surface area contributed by atoms with Crippen molar-refractivity contribution in [3.05, 3.63) is 30.1 Å². The minimum absolute atomic E-state index is 0.373. The van der Waals surface area contributed by atoms with Crippen LogP contribution >= 0.6 is 11.6 Å². The zero-order chi connectivity index (χ0) is 13.2. The van der Waals surface area contributed by atoms with Gasteiger partial charge in [0.1, 0.15) is 5.82 Å². The van der Waals surface area contributed by atoms with Gasteiger partial charge in [-0.3, -0.25) is 0 Å². The Morgan fingerprint density at radius 2 is 2.16 bits per heavy atom. The summed E-state index contributed by atoms with van der Waals surface area (Å²) in [6.45, 7) is 3.19. The largest absolute Gasteiger partial charge is 0.328 e. The molecule has 2 atom stereocenters. The Morgan fingerprint density at radius 3 is 2.95 bits per heavy atom. The Morgan fingerprint density at radius 1 is 1.32 bits per heavy atom. The van der Waals surface area contributed by atoms with Crippen LogP contribution in [-0.2, 0) is 13.0 Å². The second-order valence-corrected chi connectivity index (χ2v) is 6.21. The summed E-state index contributed by atoms with van der Waals surface area (Å²) in [6.07, 6.45) is 5.98. The van der Waals surface area contributed by atoms with E-state index in [0.717, 1.165) is 24.9 Å². The molecular formula is C16H21ClN2. The van der Waals surface area contributed by atoms with Gasteiger partial charge in [0.25, 0.3) is 0 Å². The molecule has 0 saturated heterocycles. The van der Waals surface area contributed by atoms with Crippen molar-refractivity contribution in [1.82, 2.24) is 9.55 Å². The van der Waals surface area contributed by atoms with E-state index in [9.17, 15) is 0 Å². The Balaban J connectivity index is 1.87. The number of hydrogen-bond donors (Lipinski definition) is 0. The predicted octanol–water partition coefficient (Wildman–Crippen LogP) is 4.40. The van der Waals surface area contributed by atoms with Gasteiger partial charge in [-0.15, -0.1) is 11.6 Å². The summed E-state index contributed by atoms with van der Waals surface area (Å²) in [6, 6.07) is 8.43. The van der Waals surface area contributed by atoms with Crippen molar-refractivity contribution in [3.63, 3.8) is 0 Å². The summed E-state index contributed by atoms with van der Waals surface area (Å²) in [5.41, 5.74) is 2.39. The van der Waals surface area contributed by atoms with E-state index in [-0.39, 0.29) is 0 Å². The summed E-state index contributed by atoms with van der Waals surface area (Å²) >= 11 is 6.30. The molecule has 0 aliphatic heterocycles. The minimum atomic E-state index is 0.373. The maximum atomic E-state index is 6.30. The van der Waals surface area contributed by atoms with Crippen LogP contribution in [0.2, 0.25) is 0 Å². The molecule has 19 heavy (non-hydrogen) atoms. The van der Waals surface area contributed by atoms with Crippen molar-refractivity contribution in [2.45, 2.75) is 50.9 Å². The molecule has 2 aromatic rings. The van der Waals surface area contributed by atoms with Gasteiger partial charge in [-0.2, -0.15) is 0 Å². The maximum absolute atomic E-state index is 6.30. The highest BCUT2D eigenvalue weighted by atomic mass is 35.5. The second-order valence-electron chi connectivity index (χ2n) is 5.60. The molecule has 1 aliphatic rings. The molecule has 0 amide bonds. The standard InChI is InChI=1S/C16H21ClN2/c1-2-19-15-9-4-3-8-14(15)18-16(19)11-12-6-5-7-13(17)10-12/h3-4,8-9,12-13H,2,5-7,10-11H2,1H3. The molecule has 1 aromatic carbocycles. The van der Waals surface area contributed by atoms with Gasteiger partial charge < -0.3 is 4.57 Å². The number of aromatic nitrogens is 2. The SMILES string of the molecule is CCn1c(CC2CCCC(Cl)C2)nc2ccccc21. The Hall–Kier alpha value is -1.02. The third-order valence-electron chi connectivity index (χ3n) is 4.24. The van der Waals surface area contributed by atoms with Crippen molar-refractivity contribution in [2.75, 3.05) is 0 Å². The summed E-state index contributed by atoms with van der Waals surface area (Å²) < 4.78 is 2.35. The fourth-order valence-corrected chi connectivity index (χ4v) is 3.71. The first-order chi connectivity index (χ1) is 9.28. The van der Waals surface area contributed by atoms with Crippen LogP contribution in [0.1, 0.15) is 38.4 Å². The van der Waals surface area contributed by atoms with E-state index in [2.05, 4.69) is 35.8 Å². The Bertz CT molecular complexity index is 561. The number of nitrogens with zero attached hydrogens (tertiary/aromatic N) is 2. The number of benzene rings is 1. The van der Waals surface area contributed by atoms with Crippen molar-refractivity contribution in [3.8, 4) is 0 Å². The first-order valence-corrected chi connectivity index (χ1v) is 7.79. The van der Waals surface area contributed by atoms with Crippen LogP contribution in [0.25, 0.3) is 11.0 Å². The lowest BCUT2D eigenvalue weighted by Crippen LogP contribution is -2.19. The van der Waals surface area contributed by atoms with Crippen LogP contribution in [0.15, 0.2) is 24.3 Å². The normalized spacial score (nSPS) is 23.9. The Kier molecular flexibility index (Phi) is 3.79. The quantitative estimate of drug-likeness (QED) is 0.760. The van der Waals surface area contributed by atoms with Gasteiger partial charge >= 0.3 is 0 Å². The van der Waals surface area contributed by atoms with E-state index < -0.39 is 0 Å². The number of para-hydroxylation sites is 2. The number of hydrogen-bond acceptors (Lipinski definition) is 1. The van der Waals surface area contributed by atoms with E-state index in [0.29, 0.717) is 11.3 Å². The van der Waals surface area contributed by atoms with Crippen LogP contribution in [0.4, 0.5) is 0 Å². The number of rotatable bonds is 3. The number of aryl methyl sites for hydroxylation is 1. The van der Waals surface area contributed by atoms with E-state index in [1.54, 1.807) is 0 Å². The summed E-state index contributed by atoms with van der Waals surface area (Å²) in [7, 11) is 0. The van der Waals surface area contributed by atoms with Crippen molar-refractivity contribution in [2.24, 2.45) is 5.92 Å². The van der Waals surface area contributed by atoms with Gasteiger partial charge in [-0.05, 0) is 44.2 Å². The number of alkyl halides is 1. The summed E-state index contributed by atoms with van der Waals surface area (Å²) in [5, 5.41) is 0.373. The van der Waals surface area contributed by atoms with Gasteiger partial charge in [-0.25, -0.2) is 4.98 Å². The predicted molar refractivity (Wildman–Crippen MR) is 80.7 cm³/mol. The molecule has 2 unspecified atom stereocenters. The average Bonchev–Trinajstić information content (AvgIpc) is 2.75. The molecule has 1 aliphatic carbocycles. The summed E-state index contributed by atoms with van der Waals surface area (Å²) in [4.78, 5) is 4.82. The fraction of sp³-hybridized carbons (Fsp3) is 0.562. The molecule has 102 valence electrons. The molecule has 0 bridgehead atoms. The van der Waals surface area contributed by atoms with Gasteiger partial charge in [0.15, 0.2) is 0 Å². The second kappa shape index (κ2) is 5.54. The topological polar surface area (TPSA) is 17.8 Å². The third-order valence-corrected chi connectivity index (χ3v) is 4.64. The molecule has 1 saturated carbocycles. The highest BCUT2D eigenvalue weighted by Crippen LogP contribution is 2.30. The third kappa shape index (κ3) is 2.64. The highest BCUT2D eigenvalue weighted by Gasteiger charge is 2.22. The fourth-order valence-electron chi connectivity index (χ4n) is 3.30. The molecule has 3 rings (SSSR count). The van der Waals surface area contributed by atoms with Crippen molar-refractivity contribution in [1.29, 1.82) is 0 Å².